The van der Waals surface area contributed by atoms with Crippen LogP contribution in [0.1, 0.15) is 6.92 Å². The molecule has 0 spiro atoms. The quantitative estimate of drug-likeness (QED) is 0.777. The van der Waals surface area contributed by atoms with Crippen LogP contribution in [-0.2, 0) is 10.0 Å². The second-order valence-corrected chi connectivity index (χ2v) is 7.34. The molecule has 1 fully saturated rings. The minimum Gasteiger partial charge on any atom is -0.301 e. The summed E-state index contributed by atoms with van der Waals surface area (Å²) in [4.78, 5) is 6.00. The fourth-order valence-electron chi connectivity index (χ4n) is 1.93. The number of aromatic nitrogens is 1. The lowest BCUT2D eigenvalue weighted by atomic mass is 10.2. The molecule has 19 heavy (non-hydrogen) atoms. The van der Waals surface area contributed by atoms with E-state index in [-0.39, 0.29) is 21.1 Å². The first-order valence-electron chi connectivity index (χ1n) is 5.84. The maximum Gasteiger partial charge on any atom is 0.244 e. The third kappa shape index (κ3) is 3.03. The molecule has 2 heterocycles. The van der Waals surface area contributed by atoms with Crippen molar-refractivity contribution < 1.29 is 8.42 Å². The highest BCUT2D eigenvalue weighted by Gasteiger charge is 2.31. The molecule has 0 radical (unpaired) electrons. The molecule has 5 nitrogen and oxygen atoms in total. The standard InChI is InChI=1S/C11H15Cl2N3O2S/c1-8-7-16(4-3-15(8)2)19(17,18)9-5-10(12)11(13)14-6-9/h5-6,8H,3-4,7H2,1-2H3. The molecular weight excluding hydrogens is 309 g/mol. The van der Waals surface area contributed by atoms with Crippen molar-refractivity contribution in [3.05, 3.63) is 22.4 Å². The molecule has 0 N–H and O–H groups in total. The van der Waals surface area contributed by atoms with Crippen molar-refractivity contribution in [3.63, 3.8) is 0 Å². The SMILES string of the molecule is CC1CN(S(=O)(=O)c2cnc(Cl)c(Cl)c2)CCN1C. The topological polar surface area (TPSA) is 53.5 Å². The van der Waals surface area contributed by atoms with Gasteiger partial charge in [-0.15, -0.1) is 0 Å². The molecule has 8 heteroatoms. The summed E-state index contributed by atoms with van der Waals surface area (Å²) in [7, 11) is -1.58. The normalized spacial score (nSPS) is 22.6. The minimum absolute atomic E-state index is 0.0821. The van der Waals surface area contributed by atoms with Crippen molar-refractivity contribution in [2.24, 2.45) is 0 Å². The van der Waals surface area contributed by atoms with E-state index < -0.39 is 10.0 Å². The van der Waals surface area contributed by atoms with Crippen molar-refractivity contribution in [1.82, 2.24) is 14.2 Å². The van der Waals surface area contributed by atoms with Gasteiger partial charge in [0, 0.05) is 31.9 Å². The third-order valence-electron chi connectivity index (χ3n) is 3.33. The van der Waals surface area contributed by atoms with E-state index in [1.54, 1.807) is 0 Å². The second-order valence-electron chi connectivity index (χ2n) is 4.64. The Hall–Kier alpha value is -0.400. The largest absolute Gasteiger partial charge is 0.301 e. The summed E-state index contributed by atoms with van der Waals surface area (Å²) in [6.45, 7) is 3.62. The summed E-state index contributed by atoms with van der Waals surface area (Å²) in [6, 6.07) is 1.52. The average Bonchev–Trinajstić information content (AvgIpc) is 2.35. The van der Waals surface area contributed by atoms with Crippen molar-refractivity contribution in [1.29, 1.82) is 0 Å². The van der Waals surface area contributed by atoms with Gasteiger partial charge in [-0.05, 0) is 20.0 Å². The van der Waals surface area contributed by atoms with Gasteiger partial charge >= 0.3 is 0 Å². The van der Waals surface area contributed by atoms with Crippen LogP contribution in [0.5, 0.6) is 0 Å². The van der Waals surface area contributed by atoms with Crippen LogP contribution in [0.15, 0.2) is 17.2 Å². The van der Waals surface area contributed by atoms with E-state index in [2.05, 4.69) is 9.88 Å². The van der Waals surface area contributed by atoms with Crippen LogP contribution in [0.3, 0.4) is 0 Å². The summed E-state index contributed by atoms with van der Waals surface area (Å²) >= 11 is 11.5. The first-order valence-corrected chi connectivity index (χ1v) is 8.03. The fraction of sp³-hybridized carbons (Fsp3) is 0.545. The van der Waals surface area contributed by atoms with E-state index in [1.807, 2.05) is 14.0 Å². The number of hydrogen-bond acceptors (Lipinski definition) is 4. The molecule has 2 rings (SSSR count). The number of sulfonamides is 1. The van der Waals surface area contributed by atoms with Crippen molar-refractivity contribution in [2.75, 3.05) is 26.7 Å². The van der Waals surface area contributed by atoms with E-state index >= 15 is 0 Å². The summed E-state index contributed by atoms with van der Waals surface area (Å²) in [5.74, 6) is 0. The number of piperazine rings is 1. The highest BCUT2D eigenvalue weighted by molar-refractivity contribution is 7.89. The van der Waals surface area contributed by atoms with Gasteiger partial charge in [-0.2, -0.15) is 4.31 Å². The van der Waals surface area contributed by atoms with E-state index in [1.165, 1.54) is 16.6 Å². The Bertz CT molecular complexity index is 579. The van der Waals surface area contributed by atoms with Gasteiger partial charge in [-0.3, -0.25) is 0 Å². The molecule has 0 aliphatic carbocycles. The van der Waals surface area contributed by atoms with Crippen LogP contribution in [0, 0.1) is 0 Å². The molecule has 1 aromatic rings. The van der Waals surface area contributed by atoms with Gasteiger partial charge in [0.2, 0.25) is 10.0 Å². The van der Waals surface area contributed by atoms with Gasteiger partial charge in [0.1, 0.15) is 10.0 Å². The zero-order valence-electron chi connectivity index (χ0n) is 10.7. The monoisotopic (exact) mass is 323 g/mol. The molecule has 1 aromatic heterocycles. The molecule has 1 atom stereocenters. The van der Waals surface area contributed by atoms with Gasteiger partial charge < -0.3 is 4.90 Å². The van der Waals surface area contributed by atoms with Gasteiger partial charge in [0.25, 0.3) is 0 Å². The molecule has 0 amide bonds. The van der Waals surface area contributed by atoms with Crippen LogP contribution in [-0.4, -0.2) is 55.3 Å². The smallest absolute Gasteiger partial charge is 0.244 e. The lowest BCUT2D eigenvalue weighted by molar-refractivity contribution is 0.159. The Morgan fingerprint density at radius 1 is 1.37 bits per heavy atom. The van der Waals surface area contributed by atoms with Gasteiger partial charge in [-0.25, -0.2) is 13.4 Å². The molecule has 106 valence electrons. The zero-order valence-corrected chi connectivity index (χ0v) is 13.0. The molecule has 0 aromatic carbocycles. The zero-order chi connectivity index (χ0) is 14.2. The van der Waals surface area contributed by atoms with Crippen molar-refractivity contribution in [2.45, 2.75) is 17.9 Å². The summed E-state index contributed by atoms with van der Waals surface area (Å²) < 4.78 is 26.4. The molecule has 1 aliphatic heterocycles. The maximum atomic E-state index is 12.5. The number of likely N-dealkylation sites (N-methyl/N-ethyl adjacent to an activating group) is 1. The number of halogens is 2. The molecule has 1 saturated heterocycles. The molecule has 0 bridgehead atoms. The summed E-state index contributed by atoms with van der Waals surface area (Å²) in [6.07, 6.45) is 1.24. The third-order valence-corrected chi connectivity index (χ3v) is 5.85. The Kier molecular flexibility index (Phi) is 4.37. The summed E-state index contributed by atoms with van der Waals surface area (Å²) in [5, 5.41) is 0.247. The first-order chi connectivity index (χ1) is 8.82. The molecule has 0 saturated carbocycles. The van der Waals surface area contributed by atoms with Gasteiger partial charge in [-0.1, -0.05) is 23.2 Å². The van der Waals surface area contributed by atoms with E-state index in [0.29, 0.717) is 19.6 Å². The summed E-state index contributed by atoms with van der Waals surface area (Å²) in [5.41, 5.74) is 0. The van der Waals surface area contributed by atoms with Crippen molar-refractivity contribution >= 4 is 33.2 Å². The number of pyridine rings is 1. The molecule has 1 aliphatic rings. The second kappa shape index (κ2) is 5.54. The van der Waals surface area contributed by atoms with Gasteiger partial charge in [0.05, 0.1) is 5.02 Å². The number of rotatable bonds is 2. The predicted molar refractivity (Wildman–Crippen MR) is 75.1 cm³/mol. The lowest BCUT2D eigenvalue weighted by Gasteiger charge is -2.36. The Morgan fingerprint density at radius 2 is 2.05 bits per heavy atom. The maximum absolute atomic E-state index is 12.5. The van der Waals surface area contributed by atoms with Crippen LogP contribution in [0.2, 0.25) is 10.2 Å². The van der Waals surface area contributed by atoms with Crippen LogP contribution in [0.25, 0.3) is 0 Å². The highest BCUT2D eigenvalue weighted by Crippen LogP contribution is 2.25. The number of nitrogens with zero attached hydrogens (tertiary/aromatic N) is 3. The van der Waals surface area contributed by atoms with E-state index in [9.17, 15) is 8.42 Å². The Labute approximate surface area is 123 Å². The minimum atomic E-state index is -3.56. The number of hydrogen-bond donors (Lipinski definition) is 0. The molecule has 1 unspecified atom stereocenters. The predicted octanol–water partition coefficient (Wildman–Crippen LogP) is 1.71. The highest BCUT2D eigenvalue weighted by atomic mass is 35.5. The van der Waals surface area contributed by atoms with E-state index in [0.717, 1.165) is 0 Å². The van der Waals surface area contributed by atoms with Crippen molar-refractivity contribution in [3.8, 4) is 0 Å². The van der Waals surface area contributed by atoms with E-state index in [4.69, 9.17) is 23.2 Å². The fourth-order valence-corrected chi connectivity index (χ4v) is 3.75. The van der Waals surface area contributed by atoms with Crippen LogP contribution < -0.4 is 0 Å². The van der Waals surface area contributed by atoms with Crippen LogP contribution in [0.4, 0.5) is 0 Å². The average molecular weight is 324 g/mol. The first kappa shape index (κ1) is 15.0. The molecular formula is C11H15Cl2N3O2S. The Balaban J connectivity index is 2.29. The Morgan fingerprint density at radius 3 is 2.63 bits per heavy atom. The van der Waals surface area contributed by atoms with Crippen LogP contribution >= 0.6 is 23.2 Å². The lowest BCUT2D eigenvalue weighted by Crippen LogP contribution is -2.51. The van der Waals surface area contributed by atoms with Gasteiger partial charge in [0.15, 0.2) is 0 Å².